The zero-order valence-corrected chi connectivity index (χ0v) is 12.6. The summed E-state index contributed by atoms with van der Waals surface area (Å²) in [7, 11) is 1.79. The zero-order valence-electron chi connectivity index (χ0n) is 12.6. The molecular weight excluding hydrogens is 248 g/mol. The number of amides is 1. The highest BCUT2D eigenvalue weighted by Crippen LogP contribution is 2.16. The number of hydrogen-bond donors (Lipinski definition) is 0. The lowest BCUT2D eigenvalue weighted by Crippen LogP contribution is -2.25. The van der Waals surface area contributed by atoms with Gasteiger partial charge in [-0.1, -0.05) is 39.0 Å². The summed E-state index contributed by atoms with van der Waals surface area (Å²) in [6, 6.07) is 9.19. The summed E-state index contributed by atoms with van der Waals surface area (Å²) >= 11 is 0. The van der Waals surface area contributed by atoms with Crippen molar-refractivity contribution in [3.8, 4) is 6.07 Å². The number of nitriles is 1. The van der Waals surface area contributed by atoms with Crippen LogP contribution in [-0.4, -0.2) is 13.0 Å². The molecule has 1 amide bonds. The van der Waals surface area contributed by atoms with E-state index in [1.54, 1.807) is 24.1 Å². The molecule has 20 heavy (non-hydrogen) atoms. The standard InChI is InChI=1S/C17H24N2O/c1-3-4-5-6-7-8-9-17(20)19(2)16-12-10-15(14-18)11-13-16/h10-13H,3-9H2,1-2H3. The van der Waals surface area contributed by atoms with Crippen molar-refractivity contribution in [1.82, 2.24) is 0 Å². The Bertz CT molecular complexity index is 445. The van der Waals surface area contributed by atoms with E-state index in [0.29, 0.717) is 12.0 Å². The Hall–Kier alpha value is -1.82. The summed E-state index contributed by atoms with van der Waals surface area (Å²) in [5.41, 5.74) is 1.46. The summed E-state index contributed by atoms with van der Waals surface area (Å²) in [6.45, 7) is 2.20. The van der Waals surface area contributed by atoms with E-state index in [1.807, 2.05) is 12.1 Å². The molecular formula is C17H24N2O. The molecule has 0 saturated carbocycles. The van der Waals surface area contributed by atoms with Crippen molar-refractivity contribution in [1.29, 1.82) is 5.26 Å². The van der Waals surface area contributed by atoms with Crippen molar-refractivity contribution in [2.24, 2.45) is 0 Å². The van der Waals surface area contributed by atoms with E-state index in [4.69, 9.17) is 5.26 Å². The number of nitrogens with zero attached hydrogens (tertiary/aromatic N) is 2. The fourth-order valence-electron chi connectivity index (χ4n) is 2.13. The Morgan fingerprint density at radius 2 is 1.70 bits per heavy atom. The van der Waals surface area contributed by atoms with Crippen molar-refractivity contribution in [2.75, 3.05) is 11.9 Å². The van der Waals surface area contributed by atoms with Crippen LogP contribution in [0.3, 0.4) is 0 Å². The molecule has 0 atom stereocenters. The fraction of sp³-hybridized carbons (Fsp3) is 0.529. The first-order chi connectivity index (χ1) is 9.69. The van der Waals surface area contributed by atoms with Crippen LogP contribution in [0.25, 0.3) is 0 Å². The lowest BCUT2D eigenvalue weighted by Gasteiger charge is -2.17. The maximum Gasteiger partial charge on any atom is 0.226 e. The molecule has 0 spiro atoms. The molecule has 0 aliphatic heterocycles. The zero-order chi connectivity index (χ0) is 14.8. The summed E-state index contributed by atoms with van der Waals surface area (Å²) < 4.78 is 0. The summed E-state index contributed by atoms with van der Waals surface area (Å²) in [6.07, 6.45) is 7.73. The van der Waals surface area contributed by atoms with Gasteiger partial charge in [0.2, 0.25) is 5.91 Å². The lowest BCUT2D eigenvalue weighted by atomic mass is 10.1. The van der Waals surface area contributed by atoms with Crippen LogP contribution in [-0.2, 0) is 4.79 Å². The quantitative estimate of drug-likeness (QED) is 0.663. The Morgan fingerprint density at radius 1 is 1.10 bits per heavy atom. The molecule has 1 rings (SSSR count). The van der Waals surface area contributed by atoms with Crippen LogP contribution in [0.5, 0.6) is 0 Å². The van der Waals surface area contributed by atoms with E-state index in [-0.39, 0.29) is 5.91 Å². The molecule has 0 heterocycles. The van der Waals surface area contributed by atoms with E-state index in [2.05, 4.69) is 13.0 Å². The number of carbonyl (C=O) groups excluding carboxylic acids is 1. The molecule has 0 N–H and O–H groups in total. The average molecular weight is 272 g/mol. The Labute approximate surface area is 122 Å². The van der Waals surface area contributed by atoms with Gasteiger partial charge in [0, 0.05) is 19.2 Å². The maximum absolute atomic E-state index is 12.0. The van der Waals surface area contributed by atoms with Gasteiger partial charge < -0.3 is 4.90 Å². The molecule has 0 saturated heterocycles. The molecule has 1 aromatic rings. The number of benzene rings is 1. The Kier molecular flexibility index (Phi) is 7.42. The summed E-state index contributed by atoms with van der Waals surface area (Å²) in [5, 5.41) is 8.75. The van der Waals surface area contributed by atoms with Gasteiger partial charge in [0.25, 0.3) is 0 Å². The van der Waals surface area contributed by atoms with E-state index >= 15 is 0 Å². The highest BCUT2D eigenvalue weighted by molar-refractivity contribution is 5.92. The van der Waals surface area contributed by atoms with Crippen LogP contribution in [0, 0.1) is 11.3 Å². The van der Waals surface area contributed by atoms with Gasteiger partial charge in [-0.05, 0) is 30.7 Å². The van der Waals surface area contributed by atoms with Crippen LogP contribution in [0.4, 0.5) is 5.69 Å². The SMILES string of the molecule is CCCCCCCCC(=O)N(C)c1ccc(C#N)cc1. The third-order valence-electron chi connectivity index (χ3n) is 3.50. The van der Waals surface area contributed by atoms with E-state index in [0.717, 1.165) is 18.5 Å². The van der Waals surface area contributed by atoms with Gasteiger partial charge in [-0.3, -0.25) is 4.79 Å². The van der Waals surface area contributed by atoms with Gasteiger partial charge in [0.05, 0.1) is 11.6 Å². The molecule has 0 fully saturated rings. The molecule has 3 heteroatoms. The Morgan fingerprint density at radius 3 is 2.30 bits per heavy atom. The monoisotopic (exact) mass is 272 g/mol. The second-order valence-corrected chi connectivity index (χ2v) is 5.13. The smallest absolute Gasteiger partial charge is 0.226 e. The minimum atomic E-state index is 0.144. The van der Waals surface area contributed by atoms with Gasteiger partial charge in [0.15, 0.2) is 0 Å². The van der Waals surface area contributed by atoms with Crippen molar-refractivity contribution in [2.45, 2.75) is 51.9 Å². The van der Waals surface area contributed by atoms with E-state index in [1.165, 1.54) is 25.7 Å². The molecule has 1 aromatic carbocycles. The minimum Gasteiger partial charge on any atom is -0.316 e. The van der Waals surface area contributed by atoms with Gasteiger partial charge in [-0.25, -0.2) is 0 Å². The maximum atomic E-state index is 12.0. The number of carbonyl (C=O) groups is 1. The predicted octanol–water partition coefficient (Wildman–Crippen LogP) is 4.27. The van der Waals surface area contributed by atoms with E-state index in [9.17, 15) is 4.79 Å². The van der Waals surface area contributed by atoms with Crippen LogP contribution >= 0.6 is 0 Å². The lowest BCUT2D eigenvalue weighted by molar-refractivity contribution is -0.118. The van der Waals surface area contributed by atoms with Gasteiger partial charge >= 0.3 is 0 Å². The van der Waals surface area contributed by atoms with Crippen LogP contribution in [0.1, 0.15) is 57.4 Å². The highest BCUT2D eigenvalue weighted by atomic mass is 16.2. The number of hydrogen-bond acceptors (Lipinski definition) is 2. The summed E-state index contributed by atoms with van der Waals surface area (Å²) in [5.74, 6) is 0.144. The minimum absolute atomic E-state index is 0.144. The van der Waals surface area contributed by atoms with Gasteiger partial charge in [-0.2, -0.15) is 5.26 Å². The first kappa shape index (κ1) is 16.2. The second-order valence-electron chi connectivity index (χ2n) is 5.13. The third-order valence-corrected chi connectivity index (χ3v) is 3.50. The first-order valence-corrected chi connectivity index (χ1v) is 7.45. The van der Waals surface area contributed by atoms with Crippen molar-refractivity contribution < 1.29 is 4.79 Å². The van der Waals surface area contributed by atoms with Crippen LogP contribution in [0.15, 0.2) is 24.3 Å². The topological polar surface area (TPSA) is 44.1 Å². The second kappa shape index (κ2) is 9.14. The highest BCUT2D eigenvalue weighted by Gasteiger charge is 2.10. The average Bonchev–Trinajstić information content (AvgIpc) is 2.50. The van der Waals surface area contributed by atoms with Crippen molar-refractivity contribution in [3.05, 3.63) is 29.8 Å². The van der Waals surface area contributed by atoms with Crippen LogP contribution < -0.4 is 4.90 Å². The number of anilines is 1. The fourth-order valence-corrected chi connectivity index (χ4v) is 2.13. The predicted molar refractivity (Wildman–Crippen MR) is 82.6 cm³/mol. The molecule has 0 radical (unpaired) electrons. The van der Waals surface area contributed by atoms with Gasteiger partial charge in [0.1, 0.15) is 0 Å². The van der Waals surface area contributed by atoms with E-state index < -0.39 is 0 Å². The molecule has 0 aliphatic carbocycles. The number of unbranched alkanes of at least 4 members (excludes halogenated alkanes) is 5. The largest absolute Gasteiger partial charge is 0.316 e. The third kappa shape index (κ3) is 5.44. The van der Waals surface area contributed by atoms with Crippen LogP contribution in [0.2, 0.25) is 0 Å². The molecule has 0 bridgehead atoms. The molecule has 3 nitrogen and oxygen atoms in total. The molecule has 0 aliphatic rings. The normalized spacial score (nSPS) is 10.1. The molecule has 0 aromatic heterocycles. The summed E-state index contributed by atoms with van der Waals surface area (Å²) in [4.78, 5) is 13.7. The molecule has 108 valence electrons. The Balaban J connectivity index is 2.33. The first-order valence-electron chi connectivity index (χ1n) is 7.45. The number of rotatable bonds is 8. The van der Waals surface area contributed by atoms with Crippen molar-refractivity contribution >= 4 is 11.6 Å². The van der Waals surface area contributed by atoms with Gasteiger partial charge in [-0.15, -0.1) is 0 Å². The molecule has 0 unspecified atom stereocenters. The van der Waals surface area contributed by atoms with Crippen molar-refractivity contribution in [3.63, 3.8) is 0 Å².